The van der Waals surface area contributed by atoms with Crippen LogP contribution in [0.15, 0.2) is 60.7 Å². The Hall–Kier alpha value is -2.70. The van der Waals surface area contributed by atoms with Crippen LogP contribution in [0.5, 0.6) is 0 Å². The van der Waals surface area contributed by atoms with Crippen molar-refractivity contribution in [1.29, 1.82) is 0 Å². The highest BCUT2D eigenvalue weighted by Gasteiger charge is 2.32. The number of rotatable bonds is 8. The van der Waals surface area contributed by atoms with Crippen LogP contribution in [0.3, 0.4) is 0 Å². The smallest absolute Gasteiger partial charge is 0.244 e. The van der Waals surface area contributed by atoms with Gasteiger partial charge in [-0.05, 0) is 90.7 Å². The molecule has 2 aromatic carbocycles. The Kier molecular flexibility index (Phi) is 12.7. The van der Waals surface area contributed by atoms with Gasteiger partial charge in [-0.1, -0.05) is 73.5 Å². The summed E-state index contributed by atoms with van der Waals surface area (Å²) in [5, 5.41) is 0. The zero-order chi connectivity index (χ0) is 29.1. The van der Waals surface area contributed by atoms with Crippen LogP contribution >= 0.6 is 0 Å². The van der Waals surface area contributed by atoms with Gasteiger partial charge in [-0.2, -0.15) is 0 Å². The van der Waals surface area contributed by atoms with E-state index in [9.17, 15) is 9.59 Å². The van der Waals surface area contributed by atoms with E-state index in [0.717, 1.165) is 37.3 Å². The molecule has 4 rings (SSSR count). The molecule has 0 bridgehead atoms. The van der Waals surface area contributed by atoms with Crippen LogP contribution in [0, 0.1) is 0 Å². The molecule has 2 aliphatic rings. The number of nitrogens with zero attached hydrogens (tertiary/aromatic N) is 4. The van der Waals surface area contributed by atoms with Crippen LogP contribution in [0.1, 0.15) is 89.4 Å². The molecular formula is C34H52N4O2. The third-order valence-corrected chi connectivity index (χ3v) is 8.45. The Morgan fingerprint density at radius 1 is 0.550 bits per heavy atom. The zero-order valence-electron chi connectivity index (χ0n) is 25.8. The molecule has 0 radical (unpaired) electrons. The molecule has 2 fully saturated rings. The van der Waals surface area contributed by atoms with E-state index < -0.39 is 0 Å². The maximum absolute atomic E-state index is 12.9. The van der Waals surface area contributed by atoms with Gasteiger partial charge < -0.3 is 9.80 Å². The lowest BCUT2D eigenvalue weighted by Gasteiger charge is -2.37. The topological polar surface area (TPSA) is 47.1 Å². The van der Waals surface area contributed by atoms with E-state index in [1.165, 1.54) is 38.5 Å². The quantitative estimate of drug-likeness (QED) is 0.396. The Morgan fingerprint density at radius 3 is 1.12 bits per heavy atom. The van der Waals surface area contributed by atoms with Crippen molar-refractivity contribution in [1.82, 2.24) is 19.6 Å². The molecule has 0 N–H and O–H groups in total. The normalized spacial score (nSPS) is 18.0. The Bertz CT molecular complexity index is 931. The number of amides is 2. The minimum atomic E-state index is -0.121. The molecule has 40 heavy (non-hydrogen) atoms. The summed E-state index contributed by atoms with van der Waals surface area (Å²) in [6.45, 7) is 12.4. The lowest BCUT2D eigenvalue weighted by atomic mass is 10.00. The molecule has 0 aromatic heterocycles. The molecule has 0 aliphatic carbocycles. The van der Waals surface area contributed by atoms with Crippen molar-refractivity contribution in [3.63, 3.8) is 0 Å². The highest BCUT2D eigenvalue weighted by molar-refractivity contribution is 5.84. The summed E-state index contributed by atoms with van der Waals surface area (Å²) in [4.78, 5) is 34.2. The first kappa shape index (κ1) is 31.8. The minimum absolute atomic E-state index is 0.121. The van der Waals surface area contributed by atoms with Crippen LogP contribution in [0.2, 0.25) is 0 Å². The van der Waals surface area contributed by atoms with E-state index in [-0.39, 0.29) is 36.0 Å². The number of likely N-dealkylation sites (tertiary alicyclic amines) is 2. The zero-order valence-corrected chi connectivity index (χ0v) is 25.8. The summed E-state index contributed by atoms with van der Waals surface area (Å²) in [5.41, 5.74) is 2.24. The molecule has 6 nitrogen and oxygen atoms in total. The minimum Gasteiger partial charge on any atom is -0.342 e. The lowest BCUT2D eigenvalue weighted by Crippen LogP contribution is -2.45. The number of likely N-dealkylation sites (N-methyl/N-ethyl adjacent to an activating group) is 2. The molecule has 2 amide bonds. The van der Waals surface area contributed by atoms with E-state index in [4.69, 9.17) is 0 Å². The first-order valence-electron chi connectivity index (χ1n) is 15.3. The second-order valence-corrected chi connectivity index (χ2v) is 11.9. The fourth-order valence-electron chi connectivity index (χ4n) is 5.54. The highest BCUT2D eigenvalue weighted by Crippen LogP contribution is 2.28. The van der Waals surface area contributed by atoms with Crippen LogP contribution < -0.4 is 0 Å². The van der Waals surface area contributed by atoms with Crippen LogP contribution in [-0.2, 0) is 9.59 Å². The Labute approximate surface area is 243 Å². The number of hydrogen-bond donors (Lipinski definition) is 0. The van der Waals surface area contributed by atoms with Gasteiger partial charge >= 0.3 is 0 Å². The van der Waals surface area contributed by atoms with Gasteiger partial charge in [0.15, 0.2) is 0 Å². The van der Waals surface area contributed by atoms with Crippen molar-refractivity contribution in [2.45, 2.75) is 90.4 Å². The third kappa shape index (κ3) is 8.65. The highest BCUT2D eigenvalue weighted by atomic mass is 16.2. The number of carbonyl (C=O) groups excluding carboxylic acids is 2. The van der Waals surface area contributed by atoms with E-state index in [2.05, 4.69) is 61.8 Å². The van der Waals surface area contributed by atoms with Crippen LogP contribution in [0.4, 0.5) is 0 Å². The van der Waals surface area contributed by atoms with Crippen molar-refractivity contribution >= 4 is 11.8 Å². The summed E-state index contributed by atoms with van der Waals surface area (Å²) in [7, 11) is 3.82. The van der Waals surface area contributed by atoms with Crippen molar-refractivity contribution in [3.8, 4) is 0 Å². The number of hydrogen-bond acceptors (Lipinski definition) is 4. The predicted molar refractivity (Wildman–Crippen MR) is 165 cm³/mol. The molecule has 220 valence electrons. The maximum atomic E-state index is 12.9. The molecule has 0 saturated carbocycles. The van der Waals surface area contributed by atoms with Crippen molar-refractivity contribution < 1.29 is 9.59 Å². The molecule has 2 unspecified atom stereocenters. The summed E-state index contributed by atoms with van der Waals surface area (Å²) >= 11 is 0. The first-order valence-corrected chi connectivity index (χ1v) is 15.3. The molecule has 2 atom stereocenters. The van der Waals surface area contributed by atoms with Gasteiger partial charge in [0.2, 0.25) is 11.8 Å². The lowest BCUT2D eigenvalue weighted by molar-refractivity contribution is -0.138. The fourth-order valence-corrected chi connectivity index (χ4v) is 5.54. The van der Waals surface area contributed by atoms with Gasteiger partial charge in [0.25, 0.3) is 0 Å². The molecule has 2 aliphatic heterocycles. The molecule has 2 heterocycles. The van der Waals surface area contributed by atoms with Gasteiger partial charge in [0.1, 0.15) is 12.1 Å². The van der Waals surface area contributed by atoms with Gasteiger partial charge in [-0.3, -0.25) is 19.4 Å². The van der Waals surface area contributed by atoms with Gasteiger partial charge in [-0.15, -0.1) is 0 Å². The van der Waals surface area contributed by atoms with Gasteiger partial charge in [0.05, 0.1) is 0 Å². The second kappa shape index (κ2) is 15.9. The summed E-state index contributed by atoms with van der Waals surface area (Å²) in [6, 6.07) is 20.6. The van der Waals surface area contributed by atoms with Crippen molar-refractivity contribution in [2.75, 3.05) is 40.3 Å². The molecule has 0 spiro atoms. The van der Waals surface area contributed by atoms with Crippen LogP contribution in [-0.4, -0.2) is 83.8 Å². The number of piperidine rings is 2. The SMILES string of the molecule is CC(C)N(C)C(=O)C(c1ccccc1)N1CCCCC1.CC(C)N(C)C(=O)C(c1ccccc1)N1CCCCC1. The Balaban J connectivity index is 0.000000220. The first-order chi connectivity index (χ1) is 19.2. The fraction of sp³-hybridized carbons (Fsp3) is 0.588. The largest absolute Gasteiger partial charge is 0.342 e. The molecular weight excluding hydrogens is 496 g/mol. The van der Waals surface area contributed by atoms with Crippen molar-refractivity contribution in [2.24, 2.45) is 0 Å². The number of benzene rings is 2. The van der Waals surface area contributed by atoms with Crippen LogP contribution in [0.25, 0.3) is 0 Å². The average Bonchev–Trinajstić information content (AvgIpc) is 2.99. The summed E-state index contributed by atoms with van der Waals surface area (Å²) in [6.07, 6.45) is 7.35. The average molecular weight is 549 g/mol. The third-order valence-electron chi connectivity index (χ3n) is 8.45. The monoisotopic (exact) mass is 548 g/mol. The van der Waals surface area contributed by atoms with Gasteiger partial charge in [-0.25, -0.2) is 0 Å². The maximum Gasteiger partial charge on any atom is 0.244 e. The van der Waals surface area contributed by atoms with E-state index >= 15 is 0 Å². The molecule has 6 heteroatoms. The Morgan fingerprint density at radius 2 is 0.850 bits per heavy atom. The van der Waals surface area contributed by atoms with E-state index in [1.54, 1.807) is 0 Å². The van der Waals surface area contributed by atoms with E-state index in [1.807, 2.05) is 60.3 Å². The summed E-state index contributed by atoms with van der Waals surface area (Å²) < 4.78 is 0. The van der Waals surface area contributed by atoms with Crippen molar-refractivity contribution in [3.05, 3.63) is 71.8 Å². The van der Waals surface area contributed by atoms with Gasteiger partial charge in [0, 0.05) is 26.2 Å². The molecule has 2 aromatic rings. The second-order valence-electron chi connectivity index (χ2n) is 11.9. The van der Waals surface area contributed by atoms with E-state index in [0.29, 0.717) is 0 Å². The predicted octanol–water partition coefficient (Wildman–Crippen LogP) is 6.16. The summed E-state index contributed by atoms with van der Waals surface area (Å²) in [5.74, 6) is 0.432. The standard InChI is InChI=1S/2C17H26N2O/c2*1-14(2)18(3)17(20)16(15-10-6-4-7-11-15)19-12-8-5-9-13-19/h2*4,6-7,10-11,14,16H,5,8-9,12-13H2,1-3H3. The number of carbonyl (C=O) groups is 2. The molecule has 2 saturated heterocycles.